The van der Waals surface area contributed by atoms with Crippen molar-refractivity contribution in [3.8, 4) is 0 Å². The molecule has 0 saturated carbocycles. The molecular weight excluding hydrogens is 1280 g/mol. The molecule has 0 fully saturated rings. The molecule has 0 radical (unpaired) electrons. The Kier molecular flexibility index (Phi) is 71.0. The molecule has 0 rings (SSSR count). The fourth-order valence-corrected chi connectivity index (χ4v) is 13.3. The van der Waals surface area contributed by atoms with Crippen LogP contribution in [0.15, 0.2) is 24.3 Å². The summed E-state index contributed by atoms with van der Waals surface area (Å²) in [6.45, 7) is 4.94. The number of unbranched alkanes of at least 4 members (excludes halogenated alkanes) is 49. The average Bonchev–Trinajstić information content (AvgIpc) is 0.984. The van der Waals surface area contributed by atoms with Crippen LogP contribution in [0.25, 0.3) is 0 Å². The fraction of sp³-hybridized carbons (Fsp3) is 0.899. The van der Waals surface area contributed by atoms with Gasteiger partial charge in [-0.2, -0.15) is 0 Å². The Balaban J connectivity index is 5.27. The molecule has 19 heteroatoms. The maximum absolute atomic E-state index is 13.1. The topological polar surface area (TPSA) is 237 Å². The number of rotatable bonds is 78. The number of esters is 4. The van der Waals surface area contributed by atoms with Crippen molar-refractivity contribution in [1.29, 1.82) is 0 Å². The number of carbonyl (C=O) groups is 4. The van der Waals surface area contributed by atoms with Crippen LogP contribution in [0.1, 0.15) is 400 Å². The van der Waals surface area contributed by atoms with E-state index >= 15 is 0 Å². The third-order valence-electron chi connectivity index (χ3n) is 18.0. The molecule has 17 nitrogen and oxygen atoms in total. The second kappa shape index (κ2) is 72.9. The summed E-state index contributed by atoms with van der Waals surface area (Å²) < 4.78 is 68.6. The van der Waals surface area contributed by atoms with Gasteiger partial charge in [-0.1, -0.05) is 347 Å². The van der Waals surface area contributed by atoms with Gasteiger partial charge in [0.15, 0.2) is 12.2 Å². The number of phosphoric ester groups is 2. The monoisotopic (exact) mass is 1430 g/mol. The second-order valence-corrected chi connectivity index (χ2v) is 30.7. The molecule has 0 heterocycles. The van der Waals surface area contributed by atoms with E-state index in [0.29, 0.717) is 25.7 Å². The number of hydrogen-bond donors (Lipinski definition) is 3. The molecule has 0 aliphatic heterocycles. The van der Waals surface area contributed by atoms with Crippen molar-refractivity contribution in [2.24, 2.45) is 0 Å². The average molecular weight is 1430 g/mol. The molecule has 0 amide bonds. The molecule has 0 saturated heterocycles. The van der Waals surface area contributed by atoms with Gasteiger partial charge >= 0.3 is 39.5 Å². The zero-order valence-corrected chi connectivity index (χ0v) is 65.0. The quantitative estimate of drug-likeness (QED) is 0.0169. The normalized spacial score (nSPS) is 14.0. The van der Waals surface area contributed by atoms with E-state index in [0.717, 1.165) is 109 Å². The van der Waals surface area contributed by atoms with Crippen molar-refractivity contribution in [3.63, 3.8) is 0 Å². The molecule has 0 aromatic rings. The number of hydrogen-bond acceptors (Lipinski definition) is 15. The first kappa shape index (κ1) is 95.5. The lowest BCUT2D eigenvalue weighted by Gasteiger charge is -2.21. The van der Waals surface area contributed by atoms with Crippen molar-refractivity contribution < 1.29 is 80.2 Å². The summed E-state index contributed by atoms with van der Waals surface area (Å²) in [7, 11) is -9.92. The van der Waals surface area contributed by atoms with Crippen LogP contribution in [-0.2, 0) is 65.4 Å². The first-order valence-corrected chi connectivity index (χ1v) is 43.6. The molecule has 0 aliphatic rings. The van der Waals surface area contributed by atoms with Crippen LogP contribution in [0.4, 0.5) is 0 Å². The Morgan fingerprint density at radius 2 is 0.490 bits per heavy atom. The number of phosphoric acid groups is 2. The number of ether oxygens (including phenoxy) is 4. The SMILES string of the molecule is CCCCCC/C=C\C=C/CCCCCCCC(=O)OC[C@H](COP(=O)(O)OC[C@@H](O)COP(=O)(O)OC[C@@H](COC(=O)CCCCCCCCCCCCCC)OC(=O)CCCCCCCCCCCCCC)OC(=O)CCCCCCCCCCCCCCCCCCCCC. The van der Waals surface area contributed by atoms with Gasteiger partial charge in [0, 0.05) is 25.7 Å². The van der Waals surface area contributed by atoms with Gasteiger partial charge in [0.25, 0.3) is 0 Å². The maximum atomic E-state index is 13.1. The summed E-state index contributed by atoms with van der Waals surface area (Å²) >= 11 is 0. The minimum atomic E-state index is -4.97. The minimum Gasteiger partial charge on any atom is -0.462 e. The fourth-order valence-electron chi connectivity index (χ4n) is 11.7. The van der Waals surface area contributed by atoms with E-state index in [1.807, 2.05) is 0 Å². The second-order valence-electron chi connectivity index (χ2n) is 27.8. The first-order chi connectivity index (χ1) is 47.7. The van der Waals surface area contributed by atoms with Crippen molar-refractivity contribution in [2.75, 3.05) is 39.6 Å². The lowest BCUT2D eigenvalue weighted by atomic mass is 10.0. The highest BCUT2D eigenvalue weighted by atomic mass is 31.2. The van der Waals surface area contributed by atoms with E-state index in [4.69, 9.17) is 37.0 Å². The minimum absolute atomic E-state index is 0.102. The Bertz CT molecular complexity index is 1950. The summed E-state index contributed by atoms with van der Waals surface area (Å²) in [6, 6.07) is 0. The van der Waals surface area contributed by atoms with E-state index in [1.165, 1.54) is 212 Å². The van der Waals surface area contributed by atoms with Gasteiger partial charge in [-0.05, 0) is 51.4 Å². The molecular formula is C79H150O17P2. The molecule has 0 bridgehead atoms. The largest absolute Gasteiger partial charge is 0.472 e. The van der Waals surface area contributed by atoms with Crippen LogP contribution in [0.2, 0.25) is 0 Å². The van der Waals surface area contributed by atoms with Crippen molar-refractivity contribution in [1.82, 2.24) is 0 Å². The molecule has 0 aromatic heterocycles. The van der Waals surface area contributed by atoms with Crippen LogP contribution < -0.4 is 0 Å². The third-order valence-corrected chi connectivity index (χ3v) is 19.9. The Hall–Kier alpha value is -2.46. The molecule has 98 heavy (non-hydrogen) atoms. The lowest BCUT2D eigenvalue weighted by Crippen LogP contribution is -2.30. The predicted octanol–water partition coefficient (Wildman–Crippen LogP) is 23.3. The molecule has 0 spiro atoms. The molecule has 2 unspecified atom stereocenters. The number of aliphatic hydroxyl groups is 1. The van der Waals surface area contributed by atoms with Gasteiger partial charge in [-0.3, -0.25) is 37.3 Å². The molecule has 0 aliphatic carbocycles. The zero-order valence-electron chi connectivity index (χ0n) is 63.2. The van der Waals surface area contributed by atoms with Gasteiger partial charge in [-0.25, -0.2) is 9.13 Å². The van der Waals surface area contributed by atoms with Gasteiger partial charge in [0.2, 0.25) is 0 Å². The van der Waals surface area contributed by atoms with Crippen LogP contribution in [-0.4, -0.2) is 96.7 Å². The van der Waals surface area contributed by atoms with E-state index in [9.17, 15) is 43.2 Å². The summed E-state index contributed by atoms with van der Waals surface area (Å²) in [4.78, 5) is 72.9. The number of carbonyl (C=O) groups excluding carboxylic acids is 4. The summed E-state index contributed by atoms with van der Waals surface area (Å²) in [6.07, 6.45) is 67.3. The molecule has 578 valence electrons. The summed E-state index contributed by atoms with van der Waals surface area (Å²) in [5.74, 6) is -2.14. The third kappa shape index (κ3) is 71.9. The van der Waals surface area contributed by atoms with Crippen LogP contribution in [0, 0.1) is 0 Å². The smallest absolute Gasteiger partial charge is 0.462 e. The van der Waals surface area contributed by atoms with Gasteiger partial charge in [0.05, 0.1) is 26.4 Å². The number of aliphatic hydroxyl groups excluding tert-OH is 1. The van der Waals surface area contributed by atoms with E-state index in [1.54, 1.807) is 0 Å². The Morgan fingerprint density at radius 1 is 0.286 bits per heavy atom. The standard InChI is InChI=1S/C79H150O17P2/c1-5-9-13-17-21-25-29-33-35-36-37-38-40-42-46-50-54-58-62-66-79(84)96-75(70-90-77(82)64-60-56-52-48-45-41-39-34-30-26-22-18-14-10-6-2)72-94-98(87,88)92-68-73(80)67-91-97(85,86)93-71-74(95-78(83)65-61-57-53-49-44-32-28-24-20-16-12-8-4)69-89-76(81)63-59-55-51-47-43-31-27-23-19-15-11-7-3/h26,30,34,39,73-75,80H,5-25,27-29,31-33,35-38,40-72H2,1-4H3,(H,85,86)(H,87,88)/b30-26-,39-34-/t73-,74+,75+/m0/s1. The van der Waals surface area contributed by atoms with Crippen LogP contribution in [0.5, 0.6) is 0 Å². The number of allylic oxidation sites excluding steroid dienone is 4. The maximum Gasteiger partial charge on any atom is 0.472 e. The Labute approximate surface area is 599 Å². The first-order valence-electron chi connectivity index (χ1n) is 40.6. The highest BCUT2D eigenvalue weighted by molar-refractivity contribution is 7.47. The van der Waals surface area contributed by atoms with Gasteiger partial charge in [-0.15, -0.1) is 0 Å². The molecule has 3 N–H and O–H groups in total. The van der Waals surface area contributed by atoms with E-state index < -0.39 is 97.5 Å². The summed E-state index contributed by atoms with van der Waals surface area (Å²) in [5, 5.41) is 10.6. The molecule has 0 aromatic carbocycles. The lowest BCUT2D eigenvalue weighted by molar-refractivity contribution is -0.161. The Morgan fingerprint density at radius 3 is 0.745 bits per heavy atom. The highest BCUT2D eigenvalue weighted by Gasteiger charge is 2.30. The predicted molar refractivity (Wildman–Crippen MR) is 400 cm³/mol. The van der Waals surface area contributed by atoms with Crippen LogP contribution >= 0.6 is 15.6 Å². The van der Waals surface area contributed by atoms with Gasteiger partial charge < -0.3 is 33.8 Å². The highest BCUT2D eigenvalue weighted by Crippen LogP contribution is 2.45. The van der Waals surface area contributed by atoms with Gasteiger partial charge in [0.1, 0.15) is 19.3 Å². The summed E-state index contributed by atoms with van der Waals surface area (Å²) in [5.41, 5.74) is 0. The zero-order chi connectivity index (χ0) is 71.8. The van der Waals surface area contributed by atoms with E-state index in [-0.39, 0.29) is 25.7 Å². The van der Waals surface area contributed by atoms with Crippen LogP contribution in [0.3, 0.4) is 0 Å². The van der Waals surface area contributed by atoms with Crippen molar-refractivity contribution >= 4 is 39.5 Å². The van der Waals surface area contributed by atoms with Crippen molar-refractivity contribution in [3.05, 3.63) is 24.3 Å². The van der Waals surface area contributed by atoms with E-state index in [2.05, 4.69) is 52.0 Å². The van der Waals surface area contributed by atoms with Crippen molar-refractivity contribution in [2.45, 2.75) is 418 Å². The molecule has 5 atom stereocenters.